The fourth-order valence-corrected chi connectivity index (χ4v) is 4.56. The summed E-state index contributed by atoms with van der Waals surface area (Å²) >= 11 is 6.11. The molecule has 0 atom stereocenters. The van der Waals surface area contributed by atoms with Crippen molar-refractivity contribution in [3.05, 3.63) is 93.4 Å². The second-order valence-electron chi connectivity index (χ2n) is 6.75. The first-order chi connectivity index (χ1) is 14.8. The van der Waals surface area contributed by atoms with Crippen LogP contribution < -0.4 is 15.7 Å². The Morgan fingerprint density at radius 1 is 0.935 bits per heavy atom. The lowest BCUT2D eigenvalue weighted by molar-refractivity contribution is 0.102. The van der Waals surface area contributed by atoms with E-state index in [2.05, 4.69) is 20.0 Å². The summed E-state index contributed by atoms with van der Waals surface area (Å²) in [5.74, 6) is -0.520. The molecule has 1 aromatic heterocycles. The Morgan fingerprint density at radius 2 is 1.68 bits per heavy atom. The lowest BCUT2D eigenvalue weighted by Gasteiger charge is -2.11. The van der Waals surface area contributed by atoms with Crippen molar-refractivity contribution < 1.29 is 13.2 Å². The second kappa shape index (κ2) is 8.38. The van der Waals surface area contributed by atoms with E-state index in [9.17, 15) is 18.0 Å². The van der Waals surface area contributed by atoms with Gasteiger partial charge in [-0.15, -0.1) is 0 Å². The number of aromatic amines is 2. The van der Waals surface area contributed by atoms with Crippen LogP contribution in [-0.4, -0.2) is 24.3 Å². The molecule has 0 fully saturated rings. The number of halogens is 1. The summed E-state index contributed by atoms with van der Waals surface area (Å²) in [7, 11) is -3.95. The molecular formula is C21H17ClN4O4S. The number of aromatic nitrogens is 2. The van der Waals surface area contributed by atoms with E-state index in [-0.39, 0.29) is 27.7 Å². The number of nitrogens with one attached hydrogen (secondary N) is 4. The molecule has 158 valence electrons. The molecule has 3 aromatic carbocycles. The molecule has 4 aromatic rings. The van der Waals surface area contributed by atoms with Crippen molar-refractivity contribution in [3.63, 3.8) is 0 Å². The van der Waals surface area contributed by atoms with Crippen LogP contribution >= 0.6 is 11.6 Å². The van der Waals surface area contributed by atoms with Crippen LogP contribution in [0, 0.1) is 0 Å². The molecule has 0 saturated heterocycles. The van der Waals surface area contributed by atoms with E-state index in [0.717, 1.165) is 5.56 Å². The van der Waals surface area contributed by atoms with Gasteiger partial charge in [0.25, 0.3) is 5.91 Å². The topological polar surface area (TPSA) is 124 Å². The number of amides is 1. The van der Waals surface area contributed by atoms with E-state index in [1.165, 1.54) is 18.2 Å². The van der Waals surface area contributed by atoms with Crippen LogP contribution in [0.25, 0.3) is 11.0 Å². The minimum absolute atomic E-state index is 0.00318. The van der Waals surface area contributed by atoms with Gasteiger partial charge in [-0.2, -0.15) is 0 Å². The zero-order valence-electron chi connectivity index (χ0n) is 16.0. The van der Waals surface area contributed by atoms with Crippen molar-refractivity contribution in [1.29, 1.82) is 0 Å². The normalized spacial score (nSPS) is 11.5. The van der Waals surface area contributed by atoms with Crippen LogP contribution in [0.2, 0.25) is 5.02 Å². The summed E-state index contributed by atoms with van der Waals surface area (Å²) < 4.78 is 28.0. The van der Waals surface area contributed by atoms with Gasteiger partial charge in [-0.25, -0.2) is 17.9 Å². The van der Waals surface area contributed by atoms with Crippen molar-refractivity contribution in [3.8, 4) is 0 Å². The third-order valence-electron chi connectivity index (χ3n) is 4.57. The highest BCUT2D eigenvalue weighted by Crippen LogP contribution is 2.24. The first-order valence-electron chi connectivity index (χ1n) is 9.18. The molecule has 0 aliphatic heterocycles. The Morgan fingerprint density at radius 3 is 2.45 bits per heavy atom. The maximum atomic E-state index is 12.7. The van der Waals surface area contributed by atoms with E-state index in [4.69, 9.17) is 11.6 Å². The molecule has 1 amide bonds. The number of fused-ring (bicyclic) bond motifs is 1. The molecule has 4 rings (SSSR count). The predicted molar refractivity (Wildman–Crippen MR) is 119 cm³/mol. The number of sulfonamides is 1. The fourth-order valence-electron chi connectivity index (χ4n) is 3.02. The van der Waals surface area contributed by atoms with Gasteiger partial charge in [-0.1, -0.05) is 41.9 Å². The van der Waals surface area contributed by atoms with E-state index >= 15 is 0 Å². The highest BCUT2D eigenvalue weighted by molar-refractivity contribution is 7.89. The summed E-state index contributed by atoms with van der Waals surface area (Å²) in [5, 5.41) is 2.69. The van der Waals surface area contributed by atoms with Gasteiger partial charge in [-0.3, -0.25) is 4.79 Å². The minimum atomic E-state index is -3.95. The molecule has 0 aliphatic rings. The van der Waals surface area contributed by atoms with Gasteiger partial charge < -0.3 is 15.3 Å². The largest absolute Gasteiger partial charge is 0.323 e. The third-order valence-corrected chi connectivity index (χ3v) is 6.45. The van der Waals surface area contributed by atoms with E-state index in [1.807, 2.05) is 18.2 Å². The van der Waals surface area contributed by atoms with Crippen molar-refractivity contribution in [2.45, 2.75) is 11.4 Å². The first-order valence-corrected chi connectivity index (χ1v) is 11.0. The molecule has 1 heterocycles. The number of hydrogen-bond acceptors (Lipinski definition) is 4. The van der Waals surface area contributed by atoms with Crippen molar-refractivity contribution in [2.75, 3.05) is 5.32 Å². The maximum Gasteiger partial charge on any atom is 0.323 e. The van der Waals surface area contributed by atoms with E-state index in [0.29, 0.717) is 16.7 Å². The fraction of sp³-hybridized carbons (Fsp3) is 0.0476. The molecule has 10 heteroatoms. The van der Waals surface area contributed by atoms with Crippen LogP contribution in [-0.2, 0) is 16.6 Å². The molecule has 0 saturated carbocycles. The van der Waals surface area contributed by atoms with Gasteiger partial charge in [0.05, 0.1) is 16.1 Å². The molecule has 0 aliphatic carbocycles. The number of imidazole rings is 1. The lowest BCUT2D eigenvalue weighted by Crippen LogP contribution is -2.24. The number of carbonyl (C=O) groups is 1. The number of benzene rings is 3. The van der Waals surface area contributed by atoms with Crippen molar-refractivity contribution in [2.24, 2.45) is 0 Å². The Labute approximate surface area is 182 Å². The summed E-state index contributed by atoms with van der Waals surface area (Å²) in [4.78, 5) is 29.1. The summed E-state index contributed by atoms with van der Waals surface area (Å²) in [6.45, 7) is 0.0881. The van der Waals surface area contributed by atoms with Gasteiger partial charge in [0.15, 0.2) is 0 Å². The van der Waals surface area contributed by atoms with Gasteiger partial charge in [0.1, 0.15) is 4.90 Å². The molecule has 0 unspecified atom stereocenters. The van der Waals surface area contributed by atoms with Crippen molar-refractivity contribution >= 4 is 44.3 Å². The summed E-state index contributed by atoms with van der Waals surface area (Å²) in [6.07, 6.45) is 0. The quantitative estimate of drug-likeness (QED) is 0.355. The molecule has 0 radical (unpaired) electrons. The Bertz CT molecular complexity index is 1430. The SMILES string of the molecule is O=C(Nc1ccc2[nH]c(=O)[nH]c2c1)c1ccc(Cl)c(S(=O)(=O)NCc2ccccc2)c1. The van der Waals surface area contributed by atoms with Gasteiger partial charge >= 0.3 is 5.69 Å². The highest BCUT2D eigenvalue weighted by Gasteiger charge is 2.20. The molecule has 0 spiro atoms. The van der Waals surface area contributed by atoms with Crippen LogP contribution in [0.5, 0.6) is 0 Å². The van der Waals surface area contributed by atoms with Crippen molar-refractivity contribution in [1.82, 2.24) is 14.7 Å². The van der Waals surface area contributed by atoms with E-state index in [1.54, 1.807) is 30.3 Å². The second-order valence-corrected chi connectivity index (χ2v) is 8.89. The lowest BCUT2D eigenvalue weighted by atomic mass is 10.2. The van der Waals surface area contributed by atoms with E-state index < -0.39 is 15.9 Å². The van der Waals surface area contributed by atoms with Gasteiger partial charge in [0.2, 0.25) is 10.0 Å². The third kappa shape index (κ3) is 4.69. The number of anilines is 1. The number of rotatable bonds is 6. The Hall–Kier alpha value is -3.40. The maximum absolute atomic E-state index is 12.7. The zero-order valence-corrected chi connectivity index (χ0v) is 17.5. The average molecular weight is 457 g/mol. The van der Waals surface area contributed by atoms with Crippen LogP contribution in [0.15, 0.2) is 76.4 Å². The minimum Gasteiger partial charge on any atom is -0.322 e. The first kappa shape index (κ1) is 20.9. The number of carbonyl (C=O) groups excluding carboxylic acids is 1. The summed E-state index contributed by atoms with van der Waals surface area (Å²) in [5.41, 5.74) is 2.13. The standard InChI is InChI=1S/C21H17ClN4O4S/c22-16-8-6-14(10-19(16)31(29,30)23-12-13-4-2-1-3-5-13)20(27)24-15-7-9-17-18(11-15)26-21(28)25-17/h1-11,23H,12H2,(H,24,27)(H2,25,26,28). The predicted octanol–water partition coefficient (Wildman–Crippen LogP) is 3.24. The molecular weight excluding hydrogens is 440 g/mol. The average Bonchev–Trinajstić information content (AvgIpc) is 3.12. The van der Waals surface area contributed by atoms with Gasteiger partial charge in [0, 0.05) is 17.8 Å². The molecule has 0 bridgehead atoms. The van der Waals surface area contributed by atoms with Crippen LogP contribution in [0.1, 0.15) is 15.9 Å². The van der Waals surface area contributed by atoms with Crippen LogP contribution in [0.3, 0.4) is 0 Å². The smallest absolute Gasteiger partial charge is 0.322 e. The monoisotopic (exact) mass is 456 g/mol. The number of hydrogen-bond donors (Lipinski definition) is 4. The molecule has 8 nitrogen and oxygen atoms in total. The molecule has 31 heavy (non-hydrogen) atoms. The Kier molecular flexibility index (Phi) is 5.64. The Balaban J connectivity index is 1.55. The summed E-state index contributed by atoms with van der Waals surface area (Å²) in [6, 6.07) is 17.9. The van der Waals surface area contributed by atoms with Crippen LogP contribution in [0.4, 0.5) is 5.69 Å². The highest BCUT2D eigenvalue weighted by atomic mass is 35.5. The zero-order chi connectivity index (χ0) is 22.0. The molecule has 4 N–H and O–H groups in total. The number of H-pyrrole nitrogens is 2. The van der Waals surface area contributed by atoms with Gasteiger partial charge in [-0.05, 0) is 42.0 Å².